The normalized spacial score (nSPS) is 11.1. The van der Waals surface area contributed by atoms with Crippen LogP contribution in [0.4, 0.5) is 0 Å². The Morgan fingerprint density at radius 3 is 2.47 bits per heavy atom. The zero-order valence-corrected chi connectivity index (χ0v) is 17.8. The molecule has 0 aliphatic heterocycles. The van der Waals surface area contributed by atoms with Crippen LogP contribution in [0.1, 0.15) is 17.1 Å². The summed E-state index contributed by atoms with van der Waals surface area (Å²) in [6.07, 6.45) is 0.274. The van der Waals surface area contributed by atoms with Gasteiger partial charge in [0.15, 0.2) is 5.16 Å². The van der Waals surface area contributed by atoms with Gasteiger partial charge in [-0.1, -0.05) is 72.4 Å². The average Bonchev–Trinajstić information content (AvgIpc) is 3.19. The third-order valence-corrected chi connectivity index (χ3v) is 6.09. The molecule has 2 heterocycles. The molecule has 0 saturated carbocycles. The smallest absolute Gasteiger partial charge is 0.311 e. The molecule has 5 rings (SSSR count). The van der Waals surface area contributed by atoms with E-state index in [4.69, 9.17) is 0 Å². The van der Waals surface area contributed by atoms with Gasteiger partial charge < -0.3 is 4.98 Å². The van der Waals surface area contributed by atoms with Crippen LogP contribution in [0.5, 0.6) is 0 Å². The summed E-state index contributed by atoms with van der Waals surface area (Å²) in [5.74, 6) is 1.37. The Bertz CT molecular complexity index is 1470. The molecule has 0 spiro atoms. The number of aromatic amines is 2. The van der Waals surface area contributed by atoms with Gasteiger partial charge >= 0.3 is 5.69 Å². The van der Waals surface area contributed by atoms with Gasteiger partial charge in [-0.3, -0.25) is 14.3 Å². The summed E-state index contributed by atoms with van der Waals surface area (Å²) in [6, 6.07) is 25.8. The van der Waals surface area contributed by atoms with E-state index < -0.39 is 11.2 Å². The second-order valence-corrected chi connectivity index (χ2v) is 8.23. The van der Waals surface area contributed by atoms with E-state index in [0.717, 1.165) is 16.6 Å². The van der Waals surface area contributed by atoms with Gasteiger partial charge in [-0.15, -0.1) is 10.2 Å². The van der Waals surface area contributed by atoms with Gasteiger partial charge in [-0.25, -0.2) is 4.79 Å². The van der Waals surface area contributed by atoms with Gasteiger partial charge in [0.2, 0.25) is 0 Å². The highest BCUT2D eigenvalue weighted by Gasteiger charge is 2.16. The van der Waals surface area contributed by atoms with Crippen LogP contribution >= 0.6 is 11.8 Å². The first-order valence-electron chi connectivity index (χ1n) is 10.1. The lowest BCUT2D eigenvalue weighted by Crippen LogP contribution is -2.23. The van der Waals surface area contributed by atoms with Crippen molar-refractivity contribution in [2.24, 2.45) is 0 Å². The highest BCUT2D eigenvalue weighted by molar-refractivity contribution is 7.98. The van der Waals surface area contributed by atoms with Crippen LogP contribution in [0.25, 0.3) is 16.5 Å². The molecule has 5 aromatic rings. The first-order valence-corrected chi connectivity index (χ1v) is 11.1. The molecule has 0 fully saturated rings. The highest BCUT2D eigenvalue weighted by atomic mass is 32.2. The highest BCUT2D eigenvalue weighted by Crippen LogP contribution is 2.29. The van der Waals surface area contributed by atoms with Crippen molar-refractivity contribution < 1.29 is 0 Å². The number of aromatic nitrogens is 5. The lowest BCUT2D eigenvalue weighted by molar-refractivity contribution is 0.829. The topological polar surface area (TPSA) is 96.4 Å². The van der Waals surface area contributed by atoms with Crippen molar-refractivity contribution in [3.8, 4) is 5.69 Å². The maximum Gasteiger partial charge on any atom is 0.325 e. The second kappa shape index (κ2) is 8.68. The molecule has 0 atom stereocenters. The molecule has 158 valence electrons. The van der Waals surface area contributed by atoms with Crippen LogP contribution in [0, 0.1) is 0 Å². The molecule has 0 amide bonds. The maximum atomic E-state index is 11.7. The van der Waals surface area contributed by atoms with Crippen LogP contribution in [0.15, 0.2) is 93.6 Å². The summed E-state index contributed by atoms with van der Waals surface area (Å²) >= 11 is 1.60. The quantitative estimate of drug-likeness (QED) is 0.392. The molecule has 32 heavy (non-hydrogen) atoms. The number of hydrogen-bond donors (Lipinski definition) is 2. The summed E-state index contributed by atoms with van der Waals surface area (Å²) in [5.41, 5.74) is 1.63. The number of para-hydroxylation sites is 1. The molecule has 0 bridgehead atoms. The summed E-state index contributed by atoms with van der Waals surface area (Å²) in [5, 5.41) is 12.0. The average molecular weight is 442 g/mol. The molecule has 2 N–H and O–H groups in total. The van der Waals surface area contributed by atoms with Crippen molar-refractivity contribution in [3.05, 3.63) is 117 Å². The summed E-state index contributed by atoms with van der Waals surface area (Å²) < 4.78 is 1.97. The Balaban J connectivity index is 1.51. The zero-order chi connectivity index (χ0) is 21.9. The van der Waals surface area contributed by atoms with E-state index in [9.17, 15) is 9.59 Å². The van der Waals surface area contributed by atoms with Gasteiger partial charge in [0, 0.05) is 29.6 Å². The molecule has 7 nitrogen and oxygen atoms in total. The zero-order valence-electron chi connectivity index (χ0n) is 17.0. The summed E-state index contributed by atoms with van der Waals surface area (Å²) in [6.45, 7) is 0. The van der Waals surface area contributed by atoms with E-state index >= 15 is 0 Å². The van der Waals surface area contributed by atoms with Crippen LogP contribution in [-0.4, -0.2) is 24.7 Å². The molecule has 3 aromatic carbocycles. The van der Waals surface area contributed by atoms with E-state index in [1.165, 1.54) is 22.4 Å². The Labute approximate surface area is 187 Å². The largest absolute Gasteiger partial charge is 0.325 e. The Morgan fingerprint density at radius 2 is 1.62 bits per heavy atom. The molecule has 0 aliphatic rings. The number of rotatable bonds is 6. The number of fused-ring (bicyclic) bond motifs is 1. The minimum absolute atomic E-state index is 0.274. The fourth-order valence-electron chi connectivity index (χ4n) is 3.69. The van der Waals surface area contributed by atoms with Crippen LogP contribution in [0.3, 0.4) is 0 Å². The number of thioether (sulfide) groups is 1. The predicted octanol–water partition coefficient (Wildman–Crippen LogP) is 3.68. The molecule has 0 saturated heterocycles. The van der Waals surface area contributed by atoms with Crippen LogP contribution in [0.2, 0.25) is 0 Å². The van der Waals surface area contributed by atoms with Crippen molar-refractivity contribution in [2.75, 3.05) is 0 Å². The SMILES string of the molecule is O=c1cc(Cc2nnc(SCc3cccc4ccccc34)n2-c2ccccc2)[nH]c(=O)[nH]1. The minimum Gasteiger partial charge on any atom is -0.311 e. The summed E-state index contributed by atoms with van der Waals surface area (Å²) in [7, 11) is 0. The number of nitrogens with one attached hydrogen (secondary N) is 2. The lowest BCUT2D eigenvalue weighted by atomic mass is 10.1. The van der Waals surface area contributed by atoms with Crippen LogP contribution in [-0.2, 0) is 12.2 Å². The monoisotopic (exact) mass is 441 g/mol. The van der Waals surface area contributed by atoms with E-state index in [1.54, 1.807) is 11.8 Å². The number of hydrogen-bond acceptors (Lipinski definition) is 5. The number of benzene rings is 3. The molecule has 0 aliphatic carbocycles. The molecular weight excluding hydrogens is 422 g/mol. The van der Waals surface area contributed by atoms with Crippen LogP contribution < -0.4 is 11.2 Å². The third kappa shape index (κ3) is 4.13. The summed E-state index contributed by atoms with van der Waals surface area (Å²) in [4.78, 5) is 28.2. The van der Waals surface area contributed by atoms with Gasteiger partial charge in [0.25, 0.3) is 5.56 Å². The fraction of sp³-hybridized carbons (Fsp3) is 0.0833. The minimum atomic E-state index is -0.538. The lowest BCUT2D eigenvalue weighted by Gasteiger charge is -2.11. The van der Waals surface area contributed by atoms with E-state index in [0.29, 0.717) is 11.5 Å². The molecular formula is C24H19N5O2S. The van der Waals surface area contributed by atoms with Crippen molar-refractivity contribution in [3.63, 3.8) is 0 Å². The van der Waals surface area contributed by atoms with E-state index in [-0.39, 0.29) is 6.42 Å². The maximum absolute atomic E-state index is 11.7. The number of H-pyrrole nitrogens is 2. The van der Waals surface area contributed by atoms with Crippen molar-refractivity contribution in [1.29, 1.82) is 0 Å². The van der Waals surface area contributed by atoms with E-state index in [1.807, 2.05) is 47.0 Å². The predicted molar refractivity (Wildman–Crippen MR) is 125 cm³/mol. The third-order valence-electron chi connectivity index (χ3n) is 5.12. The first-order chi connectivity index (χ1) is 15.7. The van der Waals surface area contributed by atoms with Crippen molar-refractivity contribution in [2.45, 2.75) is 17.3 Å². The Hall–Kier alpha value is -3.91. The Kier molecular flexibility index (Phi) is 5.43. The van der Waals surface area contributed by atoms with Gasteiger partial charge in [-0.05, 0) is 28.5 Å². The Morgan fingerprint density at radius 1 is 0.844 bits per heavy atom. The standard InChI is InChI=1S/C24H19N5O2S/c30-22-14-18(25-23(31)26-22)13-21-27-28-24(29(21)19-10-2-1-3-11-19)32-15-17-9-6-8-16-7-4-5-12-20(16)17/h1-12,14H,13,15H2,(H2,25,26,30,31). The second-order valence-electron chi connectivity index (χ2n) is 7.29. The van der Waals surface area contributed by atoms with E-state index in [2.05, 4.69) is 50.5 Å². The van der Waals surface area contributed by atoms with Gasteiger partial charge in [0.05, 0.1) is 0 Å². The van der Waals surface area contributed by atoms with Crippen molar-refractivity contribution in [1.82, 2.24) is 24.7 Å². The number of nitrogens with zero attached hydrogens (tertiary/aromatic N) is 3. The van der Waals surface area contributed by atoms with Crippen molar-refractivity contribution >= 4 is 22.5 Å². The molecule has 8 heteroatoms. The first kappa shape index (κ1) is 20.0. The molecule has 0 unspecified atom stereocenters. The molecule has 2 aromatic heterocycles. The van der Waals surface area contributed by atoms with Gasteiger partial charge in [0.1, 0.15) is 5.82 Å². The van der Waals surface area contributed by atoms with Gasteiger partial charge in [-0.2, -0.15) is 0 Å². The fourth-order valence-corrected chi connectivity index (χ4v) is 4.67. The molecule has 0 radical (unpaired) electrons.